The molecule has 7 heteroatoms. The van der Waals surface area contributed by atoms with Crippen LogP contribution in [0.25, 0.3) is 0 Å². The first-order chi connectivity index (χ1) is 8.66. The second-order valence-corrected chi connectivity index (χ2v) is 3.28. The molecule has 0 amide bonds. The van der Waals surface area contributed by atoms with Gasteiger partial charge in [0.05, 0.1) is 0 Å². The molecule has 0 aliphatic rings. The lowest BCUT2D eigenvalue weighted by Crippen LogP contribution is -2.05. The van der Waals surface area contributed by atoms with Crippen molar-refractivity contribution in [3.8, 4) is 0 Å². The van der Waals surface area contributed by atoms with Gasteiger partial charge in [-0.15, -0.1) is 10.2 Å². The molecule has 1 heterocycles. The number of nitrogens with zero attached hydrogens (tertiary/aromatic N) is 2. The van der Waals surface area contributed by atoms with Crippen LogP contribution < -0.4 is 0 Å². The number of ether oxygens (including phenoxy) is 1. The Morgan fingerprint density at radius 3 is 2.44 bits per heavy atom. The van der Waals surface area contributed by atoms with Crippen LogP contribution in [0, 0.1) is 0 Å². The fourth-order valence-corrected chi connectivity index (χ4v) is 1.18. The lowest BCUT2D eigenvalue weighted by molar-refractivity contribution is 0.0422. The van der Waals surface area contributed by atoms with Crippen LogP contribution in [0.1, 0.15) is 26.9 Å². The SMILES string of the molecule is O=C(O)c1nnc(C(=O)OCc2ccccc2)o1. The molecule has 0 unspecified atom stereocenters. The highest BCUT2D eigenvalue weighted by Crippen LogP contribution is 2.05. The molecule has 0 fully saturated rings. The Morgan fingerprint density at radius 2 is 1.83 bits per heavy atom. The zero-order chi connectivity index (χ0) is 13.0. The van der Waals surface area contributed by atoms with E-state index in [0.717, 1.165) is 5.56 Å². The van der Waals surface area contributed by atoms with Crippen LogP contribution in [0.3, 0.4) is 0 Å². The van der Waals surface area contributed by atoms with Gasteiger partial charge < -0.3 is 14.3 Å². The third-order valence-corrected chi connectivity index (χ3v) is 2.00. The maximum Gasteiger partial charge on any atom is 0.396 e. The van der Waals surface area contributed by atoms with Gasteiger partial charge in [-0.05, 0) is 5.56 Å². The second-order valence-electron chi connectivity index (χ2n) is 3.28. The van der Waals surface area contributed by atoms with Gasteiger partial charge in [0, 0.05) is 0 Å². The van der Waals surface area contributed by atoms with E-state index in [1.807, 2.05) is 6.07 Å². The van der Waals surface area contributed by atoms with Gasteiger partial charge in [-0.1, -0.05) is 30.3 Å². The lowest BCUT2D eigenvalue weighted by Gasteiger charge is -2.01. The minimum Gasteiger partial charge on any atom is -0.474 e. The highest BCUT2D eigenvalue weighted by Gasteiger charge is 2.19. The maximum atomic E-state index is 11.4. The number of hydrogen-bond donors (Lipinski definition) is 1. The molecule has 1 aromatic carbocycles. The Bertz CT molecular complexity index is 564. The van der Waals surface area contributed by atoms with Crippen molar-refractivity contribution in [2.45, 2.75) is 6.61 Å². The fraction of sp³-hybridized carbons (Fsp3) is 0.0909. The Balaban J connectivity index is 1.97. The van der Waals surface area contributed by atoms with Gasteiger partial charge in [0.25, 0.3) is 0 Å². The van der Waals surface area contributed by atoms with Crippen molar-refractivity contribution in [3.63, 3.8) is 0 Å². The zero-order valence-electron chi connectivity index (χ0n) is 9.07. The van der Waals surface area contributed by atoms with Crippen molar-refractivity contribution in [1.82, 2.24) is 10.2 Å². The largest absolute Gasteiger partial charge is 0.474 e. The summed E-state index contributed by atoms with van der Waals surface area (Å²) in [6.07, 6.45) is 0. The number of carboxylic acid groups (broad SMARTS) is 1. The first-order valence-corrected chi connectivity index (χ1v) is 4.94. The molecule has 0 aliphatic carbocycles. The smallest absolute Gasteiger partial charge is 0.396 e. The quantitative estimate of drug-likeness (QED) is 0.808. The minimum absolute atomic E-state index is 0.0461. The van der Waals surface area contributed by atoms with Crippen LogP contribution in [0.2, 0.25) is 0 Å². The number of hydrogen-bond acceptors (Lipinski definition) is 6. The monoisotopic (exact) mass is 248 g/mol. The van der Waals surface area contributed by atoms with Crippen LogP contribution in [0.5, 0.6) is 0 Å². The Labute approximate surface area is 101 Å². The maximum absolute atomic E-state index is 11.4. The number of carbonyl (C=O) groups is 2. The summed E-state index contributed by atoms with van der Waals surface area (Å²) in [4.78, 5) is 21.9. The second kappa shape index (κ2) is 5.09. The molecular weight excluding hydrogens is 240 g/mol. The molecule has 1 aromatic heterocycles. The highest BCUT2D eigenvalue weighted by atomic mass is 16.5. The molecule has 0 radical (unpaired) electrons. The van der Waals surface area contributed by atoms with E-state index in [4.69, 9.17) is 9.84 Å². The van der Waals surface area contributed by atoms with Crippen LogP contribution in [0.15, 0.2) is 34.7 Å². The molecule has 0 spiro atoms. The third-order valence-electron chi connectivity index (χ3n) is 2.00. The number of benzene rings is 1. The molecule has 92 valence electrons. The van der Waals surface area contributed by atoms with Crippen molar-refractivity contribution >= 4 is 11.9 Å². The molecule has 2 aromatic rings. The van der Waals surface area contributed by atoms with Gasteiger partial charge >= 0.3 is 23.7 Å². The third kappa shape index (κ3) is 2.70. The fourth-order valence-electron chi connectivity index (χ4n) is 1.18. The van der Waals surface area contributed by atoms with Gasteiger partial charge in [-0.2, -0.15) is 0 Å². The summed E-state index contributed by atoms with van der Waals surface area (Å²) in [5.41, 5.74) is 0.795. The molecule has 1 N–H and O–H groups in total. The summed E-state index contributed by atoms with van der Waals surface area (Å²) >= 11 is 0. The van der Waals surface area contributed by atoms with E-state index in [1.165, 1.54) is 0 Å². The first-order valence-electron chi connectivity index (χ1n) is 4.94. The molecule has 0 atom stereocenters. The van der Waals surface area contributed by atoms with Crippen molar-refractivity contribution in [2.75, 3.05) is 0 Å². The molecule has 0 saturated carbocycles. The van der Waals surface area contributed by atoms with E-state index in [0.29, 0.717) is 0 Å². The zero-order valence-corrected chi connectivity index (χ0v) is 9.07. The van der Waals surface area contributed by atoms with Gasteiger partial charge in [-0.3, -0.25) is 0 Å². The first kappa shape index (κ1) is 11.8. The number of esters is 1. The molecule has 7 nitrogen and oxygen atoms in total. The Kier molecular flexibility index (Phi) is 3.33. The van der Waals surface area contributed by atoms with Crippen LogP contribution >= 0.6 is 0 Å². The van der Waals surface area contributed by atoms with Gasteiger partial charge in [0.1, 0.15) is 6.61 Å². The summed E-state index contributed by atoms with van der Waals surface area (Å²) in [7, 11) is 0. The van der Waals surface area contributed by atoms with Crippen LogP contribution in [-0.4, -0.2) is 27.2 Å². The standard InChI is InChI=1S/C11H8N2O5/c14-10(15)8-12-13-9(18-8)11(16)17-6-7-4-2-1-3-5-7/h1-5H,6H2,(H,14,15). The molecule has 2 rings (SSSR count). The number of aromatic nitrogens is 2. The topological polar surface area (TPSA) is 103 Å². The summed E-state index contributed by atoms with van der Waals surface area (Å²) in [5.74, 6) is -3.39. The Hall–Kier alpha value is -2.70. The highest BCUT2D eigenvalue weighted by molar-refractivity contribution is 5.86. The van der Waals surface area contributed by atoms with E-state index in [9.17, 15) is 9.59 Å². The summed E-state index contributed by atoms with van der Waals surface area (Å²) in [6, 6.07) is 9.01. The molecular formula is C11H8N2O5. The number of rotatable bonds is 4. The van der Waals surface area contributed by atoms with Gasteiger partial charge in [0.2, 0.25) is 0 Å². The van der Waals surface area contributed by atoms with E-state index >= 15 is 0 Å². The Morgan fingerprint density at radius 1 is 1.17 bits per heavy atom. The van der Waals surface area contributed by atoms with Crippen LogP contribution in [-0.2, 0) is 11.3 Å². The molecule has 18 heavy (non-hydrogen) atoms. The van der Waals surface area contributed by atoms with E-state index in [-0.39, 0.29) is 6.61 Å². The summed E-state index contributed by atoms with van der Waals surface area (Å²) in [5, 5.41) is 15.0. The van der Waals surface area contributed by atoms with Crippen molar-refractivity contribution in [2.24, 2.45) is 0 Å². The van der Waals surface area contributed by atoms with Crippen LogP contribution in [0.4, 0.5) is 0 Å². The average molecular weight is 248 g/mol. The molecule has 0 bridgehead atoms. The minimum atomic E-state index is -1.40. The summed E-state index contributed by atoms with van der Waals surface area (Å²) < 4.78 is 9.48. The average Bonchev–Trinajstić information content (AvgIpc) is 2.87. The molecule has 0 saturated heterocycles. The predicted molar refractivity (Wildman–Crippen MR) is 56.8 cm³/mol. The van der Waals surface area contributed by atoms with E-state index in [1.54, 1.807) is 24.3 Å². The number of aromatic carboxylic acids is 1. The predicted octanol–water partition coefficient (Wildman–Crippen LogP) is 1.12. The van der Waals surface area contributed by atoms with E-state index in [2.05, 4.69) is 14.6 Å². The van der Waals surface area contributed by atoms with Crippen molar-refractivity contribution in [3.05, 3.63) is 47.7 Å². The van der Waals surface area contributed by atoms with Gasteiger partial charge in [0.15, 0.2) is 0 Å². The molecule has 0 aliphatic heterocycles. The number of carbonyl (C=O) groups excluding carboxylic acids is 1. The van der Waals surface area contributed by atoms with E-state index < -0.39 is 23.7 Å². The van der Waals surface area contributed by atoms with Crippen molar-refractivity contribution in [1.29, 1.82) is 0 Å². The number of carboxylic acids is 1. The van der Waals surface area contributed by atoms with Gasteiger partial charge in [-0.25, -0.2) is 9.59 Å². The lowest BCUT2D eigenvalue weighted by atomic mass is 10.2. The van der Waals surface area contributed by atoms with Crippen molar-refractivity contribution < 1.29 is 23.8 Å². The normalized spacial score (nSPS) is 10.0. The summed E-state index contributed by atoms with van der Waals surface area (Å²) in [6.45, 7) is 0.0461.